The van der Waals surface area contributed by atoms with Gasteiger partial charge in [0.15, 0.2) is 0 Å². The number of carbonyl (C=O) groups excluding carboxylic acids is 2. The lowest BCUT2D eigenvalue weighted by Crippen LogP contribution is -2.41. The van der Waals surface area contributed by atoms with Gasteiger partial charge in [0.2, 0.25) is 10.0 Å². The largest absolute Gasteiger partial charge is 0.495 e. The van der Waals surface area contributed by atoms with Crippen LogP contribution in [0.2, 0.25) is 0 Å². The van der Waals surface area contributed by atoms with Gasteiger partial charge in [-0.3, -0.25) is 20.4 Å². The maximum absolute atomic E-state index is 13.0. The first-order valence-corrected chi connectivity index (χ1v) is 13.0. The third-order valence-electron chi connectivity index (χ3n) is 5.51. The normalized spacial score (nSPS) is 13.9. The molecule has 1 aromatic heterocycles. The van der Waals surface area contributed by atoms with Crippen molar-refractivity contribution in [3.05, 3.63) is 45.1 Å². The summed E-state index contributed by atoms with van der Waals surface area (Å²) in [4.78, 5) is 26.9. The summed E-state index contributed by atoms with van der Waals surface area (Å²) in [5.41, 5.74) is 6.13. The molecule has 174 valence electrons. The van der Waals surface area contributed by atoms with E-state index >= 15 is 0 Å². The molecule has 3 rings (SSSR count). The second-order valence-electron chi connectivity index (χ2n) is 7.48. The molecule has 8 nitrogen and oxygen atoms in total. The van der Waals surface area contributed by atoms with E-state index in [-0.39, 0.29) is 22.1 Å². The molecule has 0 spiro atoms. The number of sulfonamides is 1. The average molecular weight is 480 g/mol. The molecule has 0 atom stereocenters. The molecule has 0 saturated heterocycles. The van der Waals surface area contributed by atoms with Gasteiger partial charge >= 0.3 is 0 Å². The van der Waals surface area contributed by atoms with Crippen LogP contribution in [0.3, 0.4) is 0 Å². The molecule has 32 heavy (non-hydrogen) atoms. The SMILES string of the molecule is CCN(CC)S(=O)(=O)c1cc(C(=O)NNC(=O)c2cc3c(s2)CCCCC3)ccc1OC. The van der Waals surface area contributed by atoms with Crippen LogP contribution in [-0.4, -0.2) is 44.7 Å². The van der Waals surface area contributed by atoms with Gasteiger partial charge in [0.25, 0.3) is 11.8 Å². The van der Waals surface area contributed by atoms with Crippen molar-refractivity contribution in [1.29, 1.82) is 0 Å². The molecule has 2 aromatic rings. The Morgan fingerprint density at radius 2 is 1.72 bits per heavy atom. The van der Waals surface area contributed by atoms with E-state index in [1.165, 1.54) is 57.8 Å². The van der Waals surface area contributed by atoms with Crippen LogP contribution < -0.4 is 15.6 Å². The first-order chi connectivity index (χ1) is 15.3. The summed E-state index contributed by atoms with van der Waals surface area (Å²) < 4.78 is 32.4. The Morgan fingerprint density at radius 3 is 2.41 bits per heavy atom. The van der Waals surface area contributed by atoms with Crippen LogP contribution >= 0.6 is 11.3 Å². The Morgan fingerprint density at radius 1 is 1.03 bits per heavy atom. The van der Waals surface area contributed by atoms with Crippen molar-refractivity contribution in [1.82, 2.24) is 15.2 Å². The number of carbonyl (C=O) groups is 2. The van der Waals surface area contributed by atoms with Crippen LogP contribution in [0.4, 0.5) is 0 Å². The van der Waals surface area contributed by atoms with Gasteiger partial charge in [-0.05, 0) is 55.5 Å². The highest BCUT2D eigenvalue weighted by Gasteiger charge is 2.27. The number of ether oxygens (including phenoxy) is 1. The van der Waals surface area contributed by atoms with Crippen LogP contribution in [0, 0.1) is 0 Å². The maximum Gasteiger partial charge on any atom is 0.279 e. The summed E-state index contributed by atoms with van der Waals surface area (Å²) in [6.45, 7) is 4.06. The molecule has 0 unspecified atom stereocenters. The fourth-order valence-corrected chi connectivity index (χ4v) is 6.54. The quantitative estimate of drug-likeness (QED) is 0.469. The summed E-state index contributed by atoms with van der Waals surface area (Å²) >= 11 is 1.46. The summed E-state index contributed by atoms with van der Waals surface area (Å²) in [6, 6.07) is 6.05. The lowest BCUT2D eigenvalue weighted by molar-refractivity contribution is 0.0848. The molecule has 0 fully saturated rings. The topological polar surface area (TPSA) is 105 Å². The van der Waals surface area contributed by atoms with Gasteiger partial charge < -0.3 is 4.74 Å². The Labute approximate surface area is 193 Å². The summed E-state index contributed by atoms with van der Waals surface area (Å²) in [6.07, 6.45) is 5.41. The number of thiophene rings is 1. The Kier molecular flexibility index (Phi) is 7.91. The number of fused-ring (bicyclic) bond motifs is 1. The average Bonchev–Trinajstić information content (AvgIpc) is 3.07. The van der Waals surface area contributed by atoms with Gasteiger partial charge in [-0.2, -0.15) is 4.31 Å². The molecule has 1 aromatic carbocycles. The monoisotopic (exact) mass is 479 g/mol. The molecular formula is C22H29N3O5S2. The molecule has 0 saturated carbocycles. The lowest BCUT2D eigenvalue weighted by Gasteiger charge is -2.20. The van der Waals surface area contributed by atoms with E-state index in [0.717, 1.165) is 25.7 Å². The van der Waals surface area contributed by atoms with Crippen molar-refractivity contribution in [2.45, 2.75) is 50.8 Å². The molecule has 1 aliphatic carbocycles. The van der Waals surface area contributed by atoms with Crippen molar-refractivity contribution in [2.75, 3.05) is 20.2 Å². The smallest absolute Gasteiger partial charge is 0.279 e. The first kappa shape index (κ1) is 24.2. The third-order valence-corrected chi connectivity index (χ3v) is 8.82. The minimum Gasteiger partial charge on any atom is -0.495 e. The zero-order chi connectivity index (χ0) is 23.3. The molecule has 2 amide bonds. The Hall–Kier alpha value is -2.43. The van der Waals surface area contributed by atoms with Gasteiger partial charge in [-0.25, -0.2) is 8.42 Å². The zero-order valence-electron chi connectivity index (χ0n) is 18.6. The molecule has 0 radical (unpaired) electrons. The molecule has 10 heteroatoms. The number of amides is 2. The molecule has 1 aliphatic rings. The van der Waals surface area contributed by atoms with Gasteiger partial charge in [0.1, 0.15) is 10.6 Å². The van der Waals surface area contributed by atoms with Gasteiger partial charge in [0.05, 0.1) is 12.0 Å². The second kappa shape index (κ2) is 10.5. The Balaban J connectivity index is 1.75. The van der Waals surface area contributed by atoms with Gasteiger partial charge in [0, 0.05) is 23.5 Å². The number of aryl methyl sites for hydroxylation is 2. The number of nitrogens with one attached hydrogen (secondary N) is 2. The second-order valence-corrected chi connectivity index (χ2v) is 10.5. The van der Waals surface area contributed by atoms with Crippen LogP contribution in [0.1, 0.15) is 63.6 Å². The number of hydrogen-bond donors (Lipinski definition) is 2. The van der Waals surface area contributed by atoms with E-state index in [1.807, 2.05) is 6.07 Å². The van der Waals surface area contributed by atoms with Crippen molar-refractivity contribution in [3.8, 4) is 5.75 Å². The highest BCUT2D eigenvalue weighted by Crippen LogP contribution is 2.29. The number of hydrazine groups is 1. The van der Waals surface area contributed by atoms with E-state index in [9.17, 15) is 18.0 Å². The number of rotatable bonds is 7. The lowest BCUT2D eigenvalue weighted by atomic mass is 10.1. The molecule has 0 aliphatic heterocycles. The molecule has 1 heterocycles. The number of hydrogen-bond acceptors (Lipinski definition) is 6. The summed E-state index contributed by atoms with van der Waals surface area (Å²) in [5, 5.41) is 0. The van der Waals surface area contributed by atoms with Crippen LogP contribution in [0.15, 0.2) is 29.2 Å². The van der Waals surface area contributed by atoms with Crippen molar-refractivity contribution in [2.24, 2.45) is 0 Å². The van der Waals surface area contributed by atoms with Crippen LogP contribution in [0.5, 0.6) is 5.75 Å². The summed E-state index contributed by atoms with van der Waals surface area (Å²) in [7, 11) is -2.46. The number of methoxy groups -OCH3 is 1. The number of nitrogens with zero attached hydrogens (tertiary/aromatic N) is 1. The minimum atomic E-state index is -3.84. The fourth-order valence-electron chi connectivity index (χ4n) is 3.75. The van der Waals surface area contributed by atoms with Crippen molar-refractivity contribution < 1.29 is 22.7 Å². The Bertz CT molecular complexity index is 1070. The fraction of sp³-hybridized carbons (Fsp3) is 0.455. The van der Waals surface area contributed by atoms with E-state index in [2.05, 4.69) is 10.9 Å². The van der Waals surface area contributed by atoms with Crippen LogP contribution in [0.25, 0.3) is 0 Å². The molecule has 0 bridgehead atoms. The van der Waals surface area contributed by atoms with E-state index in [4.69, 9.17) is 4.74 Å². The standard InChI is InChI=1S/C22H29N3O5S2/c1-4-25(5-2)32(28,29)20-14-16(11-12-17(20)30-3)21(26)23-24-22(27)19-13-15-9-7-6-8-10-18(15)31-19/h11-14H,4-10H2,1-3H3,(H,23,26)(H,24,27). The predicted molar refractivity (Wildman–Crippen MR) is 124 cm³/mol. The molecule has 2 N–H and O–H groups in total. The predicted octanol–water partition coefficient (Wildman–Crippen LogP) is 3.13. The summed E-state index contributed by atoms with van der Waals surface area (Å²) in [5.74, 6) is -0.853. The van der Waals surface area contributed by atoms with Gasteiger partial charge in [-0.1, -0.05) is 20.3 Å². The molecular weight excluding hydrogens is 450 g/mol. The zero-order valence-corrected chi connectivity index (χ0v) is 20.2. The van der Waals surface area contributed by atoms with Crippen molar-refractivity contribution >= 4 is 33.2 Å². The number of benzene rings is 1. The third kappa shape index (κ3) is 5.13. The van der Waals surface area contributed by atoms with Crippen LogP contribution in [-0.2, 0) is 22.9 Å². The maximum atomic E-state index is 13.0. The minimum absolute atomic E-state index is 0.0929. The highest BCUT2D eigenvalue weighted by atomic mass is 32.2. The van der Waals surface area contributed by atoms with E-state index in [1.54, 1.807) is 13.8 Å². The van der Waals surface area contributed by atoms with E-state index < -0.39 is 15.9 Å². The van der Waals surface area contributed by atoms with E-state index in [0.29, 0.717) is 18.0 Å². The van der Waals surface area contributed by atoms with Crippen molar-refractivity contribution in [3.63, 3.8) is 0 Å². The van der Waals surface area contributed by atoms with Gasteiger partial charge in [-0.15, -0.1) is 11.3 Å². The highest BCUT2D eigenvalue weighted by molar-refractivity contribution is 7.89. The first-order valence-electron chi connectivity index (χ1n) is 10.7.